The van der Waals surface area contributed by atoms with Crippen molar-refractivity contribution in [2.24, 2.45) is 0 Å². The van der Waals surface area contributed by atoms with Crippen LogP contribution in [0.3, 0.4) is 0 Å². The van der Waals surface area contributed by atoms with E-state index in [0.29, 0.717) is 17.1 Å². The lowest BCUT2D eigenvalue weighted by atomic mass is 9.96. The maximum absolute atomic E-state index is 8.30. The van der Waals surface area contributed by atoms with Gasteiger partial charge < -0.3 is 13.7 Å². The van der Waals surface area contributed by atoms with E-state index in [-0.39, 0.29) is 0 Å². The second-order valence-corrected chi connectivity index (χ2v) is 15.8. The summed E-state index contributed by atoms with van der Waals surface area (Å²) in [6.07, 6.45) is 0. The lowest BCUT2D eigenvalue weighted by molar-refractivity contribution is 1.16. The van der Waals surface area contributed by atoms with E-state index in [1.165, 1.54) is 10.8 Å². The van der Waals surface area contributed by atoms with Crippen molar-refractivity contribution in [2.75, 3.05) is 0 Å². The molecule has 0 aliphatic heterocycles. The third-order valence-corrected chi connectivity index (χ3v) is 12.5. The van der Waals surface area contributed by atoms with Crippen molar-refractivity contribution >= 4 is 82.5 Å². The van der Waals surface area contributed by atoms with Gasteiger partial charge in [-0.1, -0.05) is 121 Å². The van der Waals surface area contributed by atoms with Crippen molar-refractivity contribution in [1.29, 1.82) is 0 Å². The van der Waals surface area contributed by atoms with Crippen molar-refractivity contribution in [3.05, 3.63) is 228 Å². The monoisotopic (exact) mass is 800 g/mol. The molecule has 0 atom stereocenters. The standard InChI is InChI=1S/C57H32N6/c1-58-47-20-9-4-15-41(47)38-31-37(36-27-29-48(59-2)56(34-36)63-53-25-13-8-19-45(53)57-49(60-3)21-14-26-55(57)63)32-40(33-38)62-52-24-12-7-18-44(52)46-35-39(28-30-54(46)62)61-50-22-10-5-16-42(50)43-17-6-11-23-51(43)61/h4-35H. The predicted molar refractivity (Wildman–Crippen MR) is 259 cm³/mol. The Morgan fingerprint density at radius 2 is 0.825 bits per heavy atom. The van der Waals surface area contributed by atoms with Gasteiger partial charge in [-0.05, 0) is 100 Å². The molecule has 0 radical (unpaired) electrons. The summed E-state index contributed by atoms with van der Waals surface area (Å²) in [6, 6.07) is 66.7. The minimum atomic E-state index is 0.505. The molecule has 3 aromatic heterocycles. The number of rotatable bonds is 5. The highest BCUT2D eigenvalue weighted by molar-refractivity contribution is 6.16. The largest absolute Gasteiger partial charge is 0.320 e. The molecule has 63 heavy (non-hydrogen) atoms. The molecule has 6 heteroatoms. The number of fused-ring (bicyclic) bond motifs is 9. The maximum atomic E-state index is 8.30. The Morgan fingerprint density at radius 1 is 0.302 bits per heavy atom. The van der Waals surface area contributed by atoms with Gasteiger partial charge in [0.2, 0.25) is 5.69 Å². The van der Waals surface area contributed by atoms with E-state index < -0.39 is 0 Å². The zero-order valence-corrected chi connectivity index (χ0v) is 33.7. The van der Waals surface area contributed by atoms with Crippen molar-refractivity contribution in [3.63, 3.8) is 0 Å². The van der Waals surface area contributed by atoms with E-state index in [9.17, 15) is 0 Å². The van der Waals surface area contributed by atoms with Gasteiger partial charge in [-0.3, -0.25) is 0 Å². The zero-order chi connectivity index (χ0) is 42.2. The molecule has 0 saturated heterocycles. The Hall–Kier alpha value is -9.15. The Balaban J connectivity index is 1.11. The molecular weight excluding hydrogens is 769 g/mol. The quantitative estimate of drug-likeness (QED) is 0.155. The fourth-order valence-electron chi connectivity index (χ4n) is 9.79. The Bertz CT molecular complexity index is 3970. The first-order valence-electron chi connectivity index (χ1n) is 20.7. The molecule has 0 aliphatic rings. The summed E-state index contributed by atoms with van der Waals surface area (Å²) < 4.78 is 6.82. The minimum absolute atomic E-state index is 0.505. The smallest absolute Gasteiger partial charge is 0.210 e. The van der Waals surface area contributed by atoms with Gasteiger partial charge in [-0.15, -0.1) is 0 Å². The SMILES string of the molecule is [C-]#[N+]c1ccccc1-c1cc(-c2ccc([N+]#[C-])c(-n3c4ccccc4c4c([N+]#[C-])cccc43)c2)cc(-n2c3ccccc3c3cc(-n4c5ccccc5c5ccccc54)ccc32)c1. The van der Waals surface area contributed by atoms with Gasteiger partial charge in [0.15, 0.2) is 11.4 Å². The molecule has 290 valence electrons. The average molecular weight is 801 g/mol. The molecule has 3 heterocycles. The number of para-hydroxylation sites is 5. The van der Waals surface area contributed by atoms with Gasteiger partial charge in [0.1, 0.15) is 0 Å². The molecule has 0 aliphatic carbocycles. The molecule has 12 rings (SSSR count). The van der Waals surface area contributed by atoms with Gasteiger partial charge in [-0.25, -0.2) is 14.5 Å². The normalized spacial score (nSPS) is 11.4. The Morgan fingerprint density at radius 3 is 1.51 bits per heavy atom. The van der Waals surface area contributed by atoms with E-state index in [1.54, 1.807) is 0 Å². The molecular formula is C57H32N6. The van der Waals surface area contributed by atoms with Crippen LogP contribution in [0.15, 0.2) is 194 Å². The van der Waals surface area contributed by atoms with Crippen molar-refractivity contribution in [2.45, 2.75) is 0 Å². The van der Waals surface area contributed by atoms with Crippen LogP contribution in [-0.4, -0.2) is 13.7 Å². The number of hydrogen-bond donors (Lipinski definition) is 0. The van der Waals surface area contributed by atoms with E-state index in [1.807, 2.05) is 72.8 Å². The zero-order valence-electron chi connectivity index (χ0n) is 33.7. The first-order chi connectivity index (χ1) is 31.1. The fraction of sp³-hybridized carbons (Fsp3) is 0. The molecule has 0 amide bonds. The van der Waals surface area contributed by atoms with Gasteiger partial charge in [0.25, 0.3) is 0 Å². The number of hydrogen-bond acceptors (Lipinski definition) is 0. The summed E-state index contributed by atoms with van der Waals surface area (Å²) in [5.41, 5.74) is 14.3. The van der Waals surface area contributed by atoms with Gasteiger partial charge in [-0.2, -0.15) is 0 Å². The molecule has 0 bridgehead atoms. The molecule has 0 fully saturated rings. The van der Waals surface area contributed by atoms with Crippen LogP contribution in [0, 0.1) is 19.7 Å². The van der Waals surface area contributed by atoms with Gasteiger partial charge in [0, 0.05) is 43.8 Å². The van der Waals surface area contributed by atoms with Crippen LogP contribution >= 0.6 is 0 Å². The summed E-state index contributed by atoms with van der Waals surface area (Å²) in [7, 11) is 0. The number of benzene rings is 9. The fourth-order valence-corrected chi connectivity index (χ4v) is 9.79. The molecule has 6 nitrogen and oxygen atoms in total. The average Bonchev–Trinajstić information content (AvgIpc) is 3.99. The number of aromatic nitrogens is 3. The Kier molecular flexibility index (Phi) is 7.93. The second kappa shape index (κ2) is 14.0. The first kappa shape index (κ1) is 35.8. The van der Waals surface area contributed by atoms with Crippen LogP contribution in [0.25, 0.3) is 119 Å². The third-order valence-electron chi connectivity index (χ3n) is 12.5. The van der Waals surface area contributed by atoms with Gasteiger partial charge >= 0.3 is 0 Å². The highest BCUT2D eigenvalue weighted by atomic mass is 15.0. The molecule has 12 aromatic rings. The Labute approximate surface area is 362 Å². The van der Waals surface area contributed by atoms with Crippen molar-refractivity contribution in [1.82, 2.24) is 13.7 Å². The third kappa shape index (κ3) is 5.35. The summed E-state index contributed by atoms with van der Waals surface area (Å²) in [5, 5.41) is 6.55. The maximum Gasteiger partial charge on any atom is 0.210 e. The van der Waals surface area contributed by atoms with Crippen molar-refractivity contribution < 1.29 is 0 Å². The van der Waals surface area contributed by atoms with E-state index in [2.05, 4.69) is 150 Å². The summed E-state index contributed by atoms with van der Waals surface area (Å²) in [5.74, 6) is 0. The molecule has 0 N–H and O–H groups in total. The van der Waals surface area contributed by atoms with Crippen LogP contribution in [0.2, 0.25) is 0 Å². The lowest BCUT2D eigenvalue weighted by Gasteiger charge is -2.17. The summed E-state index contributed by atoms with van der Waals surface area (Å²) in [4.78, 5) is 11.9. The van der Waals surface area contributed by atoms with Crippen LogP contribution in [0.1, 0.15) is 0 Å². The van der Waals surface area contributed by atoms with Crippen LogP contribution in [0.5, 0.6) is 0 Å². The van der Waals surface area contributed by atoms with Gasteiger partial charge in [0.05, 0.1) is 53.0 Å². The van der Waals surface area contributed by atoms with E-state index >= 15 is 0 Å². The van der Waals surface area contributed by atoms with Crippen molar-refractivity contribution in [3.8, 4) is 39.3 Å². The second-order valence-electron chi connectivity index (χ2n) is 15.8. The van der Waals surface area contributed by atoms with E-state index in [4.69, 9.17) is 19.7 Å². The molecule has 0 saturated carbocycles. The minimum Gasteiger partial charge on any atom is -0.320 e. The van der Waals surface area contributed by atoms with Crippen LogP contribution in [-0.2, 0) is 0 Å². The highest BCUT2D eigenvalue weighted by Crippen LogP contribution is 2.44. The van der Waals surface area contributed by atoms with Crippen LogP contribution in [0.4, 0.5) is 17.1 Å². The molecule has 9 aromatic carbocycles. The number of nitrogens with zero attached hydrogens (tertiary/aromatic N) is 6. The molecule has 0 unspecified atom stereocenters. The highest BCUT2D eigenvalue weighted by Gasteiger charge is 2.21. The summed E-state index contributed by atoms with van der Waals surface area (Å²) >= 11 is 0. The predicted octanol–water partition coefficient (Wildman–Crippen LogP) is 16.0. The topological polar surface area (TPSA) is 27.9 Å². The first-order valence-corrected chi connectivity index (χ1v) is 20.7. The summed E-state index contributed by atoms with van der Waals surface area (Å²) in [6.45, 7) is 24.4. The van der Waals surface area contributed by atoms with E-state index in [0.717, 1.165) is 94.0 Å². The molecule has 0 spiro atoms. The van der Waals surface area contributed by atoms with Crippen LogP contribution < -0.4 is 0 Å². The lowest BCUT2D eigenvalue weighted by Crippen LogP contribution is -1.98.